The van der Waals surface area contributed by atoms with Crippen LogP contribution in [-0.4, -0.2) is 37.2 Å². The molecule has 3 aromatic rings. The second kappa shape index (κ2) is 7.82. The van der Waals surface area contributed by atoms with Crippen molar-refractivity contribution in [3.63, 3.8) is 0 Å². The average Bonchev–Trinajstić information content (AvgIpc) is 3.20. The molecule has 138 valence electrons. The van der Waals surface area contributed by atoms with Crippen molar-refractivity contribution in [1.29, 1.82) is 0 Å². The van der Waals surface area contributed by atoms with Crippen molar-refractivity contribution in [2.45, 2.75) is 0 Å². The standard InChI is InChI=1S/C20H18ClN3O3/c21-16-4-2-1-3-15(16)17-6-7-18(27-17)20(25)23-14-5-8-19(22-13-14)24-9-11-26-12-10-24/h1-8,13H,9-12H2,(H,23,25). The predicted molar refractivity (Wildman–Crippen MR) is 104 cm³/mol. The zero-order chi connectivity index (χ0) is 18.6. The monoisotopic (exact) mass is 383 g/mol. The number of anilines is 2. The highest BCUT2D eigenvalue weighted by molar-refractivity contribution is 6.33. The molecule has 27 heavy (non-hydrogen) atoms. The van der Waals surface area contributed by atoms with Crippen LogP contribution in [0.3, 0.4) is 0 Å². The minimum Gasteiger partial charge on any atom is -0.451 e. The van der Waals surface area contributed by atoms with Crippen molar-refractivity contribution in [2.24, 2.45) is 0 Å². The van der Waals surface area contributed by atoms with Crippen LogP contribution in [0, 0.1) is 0 Å². The third-order valence-electron chi connectivity index (χ3n) is 4.31. The van der Waals surface area contributed by atoms with E-state index < -0.39 is 0 Å². The molecule has 1 N–H and O–H groups in total. The fourth-order valence-electron chi connectivity index (χ4n) is 2.90. The number of carbonyl (C=O) groups excluding carboxylic acids is 1. The smallest absolute Gasteiger partial charge is 0.291 e. The van der Waals surface area contributed by atoms with Gasteiger partial charge in [-0.3, -0.25) is 4.79 Å². The largest absolute Gasteiger partial charge is 0.451 e. The van der Waals surface area contributed by atoms with Crippen LogP contribution in [0.4, 0.5) is 11.5 Å². The molecule has 3 heterocycles. The second-order valence-electron chi connectivity index (χ2n) is 6.10. The van der Waals surface area contributed by atoms with Gasteiger partial charge in [0.1, 0.15) is 11.6 Å². The van der Waals surface area contributed by atoms with Crippen LogP contribution in [0.25, 0.3) is 11.3 Å². The fourth-order valence-corrected chi connectivity index (χ4v) is 3.13. The normalized spacial score (nSPS) is 14.2. The third-order valence-corrected chi connectivity index (χ3v) is 4.64. The maximum atomic E-state index is 12.4. The van der Waals surface area contributed by atoms with E-state index in [0.717, 1.165) is 24.5 Å². The Morgan fingerprint density at radius 1 is 1.07 bits per heavy atom. The minimum atomic E-state index is -0.339. The molecule has 6 nitrogen and oxygen atoms in total. The molecular weight excluding hydrogens is 366 g/mol. The van der Waals surface area contributed by atoms with Gasteiger partial charge in [-0.05, 0) is 36.4 Å². The van der Waals surface area contributed by atoms with E-state index in [2.05, 4.69) is 15.2 Å². The first-order valence-electron chi connectivity index (χ1n) is 8.65. The summed E-state index contributed by atoms with van der Waals surface area (Å²) in [7, 11) is 0. The Morgan fingerprint density at radius 2 is 1.89 bits per heavy atom. The molecule has 0 atom stereocenters. The second-order valence-corrected chi connectivity index (χ2v) is 6.51. The number of rotatable bonds is 4. The molecule has 0 radical (unpaired) electrons. The van der Waals surface area contributed by atoms with E-state index >= 15 is 0 Å². The number of morpholine rings is 1. The highest BCUT2D eigenvalue weighted by Crippen LogP contribution is 2.29. The number of hydrogen-bond acceptors (Lipinski definition) is 5. The summed E-state index contributed by atoms with van der Waals surface area (Å²) in [5.74, 6) is 1.29. The van der Waals surface area contributed by atoms with Crippen LogP contribution < -0.4 is 10.2 Å². The Labute approximate surface area is 161 Å². The Balaban J connectivity index is 1.44. The molecule has 1 fully saturated rings. The summed E-state index contributed by atoms with van der Waals surface area (Å²) in [4.78, 5) is 19.0. The van der Waals surface area contributed by atoms with Gasteiger partial charge in [0.05, 0.1) is 30.1 Å². The molecule has 0 aliphatic carbocycles. The summed E-state index contributed by atoms with van der Waals surface area (Å²) in [6.45, 7) is 3.03. The number of carbonyl (C=O) groups is 1. The van der Waals surface area contributed by atoms with Crippen molar-refractivity contribution in [2.75, 3.05) is 36.5 Å². The molecule has 4 rings (SSSR count). The van der Waals surface area contributed by atoms with Crippen LogP contribution in [0.1, 0.15) is 10.6 Å². The molecular formula is C20H18ClN3O3. The fraction of sp³-hybridized carbons (Fsp3) is 0.200. The molecule has 1 aliphatic heterocycles. The Bertz CT molecular complexity index is 934. The van der Waals surface area contributed by atoms with Gasteiger partial charge in [0.15, 0.2) is 5.76 Å². The molecule has 1 saturated heterocycles. The summed E-state index contributed by atoms with van der Waals surface area (Å²) in [5, 5.41) is 3.37. The lowest BCUT2D eigenvalue weighted by molar-refractivity contribution is 0.0997. The minimum absolute atomic E-state index is 0.210. The molecule has 1 amide bonds. The van der Waals surface area contributed by atoms with E-state index in [0.29, 0.717) is 29.7 Å². The van der Waals surface area contributed by atoms with E-state index in [9.17, 15) is 4.79 Å². The van der Waals surface area contributed by atoms with E-state index in [1.54, 1.807) is 24.4 Å². The molecule has 0 unspecified atom stereocenters. The van der Waals surface area contributed by atoms with Gasteiger partial charge in [0.2, 0.25) is 0 Å². The van der Waals surface area contributed by atoms with Crippen molar-refractivity contribution >= 4 is 29.0 Å². The zero-order valence-corrected chi connectivity index (χ0v) is 15.3. The lowest BCUT2D eigenvalue weighted by Crippen LogP contribution is -2.36. The van der Waals surface area contributed by atoms with Gasteiger partial charge in [-0.1, -0.05) is 23.7 Å². The lowest BCUT2D eigenvalue weighted by atomic mass is 10.2. The van der Waals surface area contributed by atoms with E-state index in [4.69, 9.17) is 20.8 Å². The maximum Gasteiger partial charge on any atom is 0.291 e. The van der Waals surface area contributed by atoms with E-state index in [1.807, 2.05) is 30.3 Å². The molecule has 1 aromatic carbocycles. The number of pyridine rings is 1. The Morgan fingerprint density at radius 3 is 2.63 bits per heavy atom. The highest BCUT2D eigenvalue weighted by Gasteiger charge is 2.15. The molecule has 1 aliphatic rings. The summed E-state index contributed by atoms with van der Waals surface area (Å²) in [6.07, 6.45) is 1.64. The number of halogens is 1. The number of amides is 1. The number of nitrogens with zero attached hydrogens (tertiary/aromatic N) is 2. The topological polar surface area (TPSA) is 67.6 Å². The average molecular weight is 384 g/mol. The van der Waals surface area contributed by atoms with Crippen molar-refractivity contribution < 1.29 is 13.9 Å². The van der Waals surface area contributed by atoms with Crippen molar-refractivity contribution in [3.05, 3.63) is 65.5 Å². The summed E-state index contributed by atoms with van der Waals surface area (Å²) < 4.78 is 11.0. The quantitative estimate of drug-likeness (QED) is 0.735. The number of aromatic nitrogens is 1. The Kier molecular flexibility index (Phi) is 5.09. The first-order chi connectivity index (χ1) is 13.2. The van der Waals surface area contributed by atoms with Crippen LogP contribution in [-0.2, 0) is 4.74 Å². The first-order valence-corrected chi connectivity index (χ1v) is 9.03. The summed E-state index contributed by atoms with van der Waals surface area (Å²) in [6, 6.07) is 14.4. The van der Waals surface area contributed by atoms with Gasteiger partial charge in [-0.2, -0.15) is 0 Å². The van der Waals surface area contributed by atoms with E-state index in [1.165, 1.54) is 0 Å². The number of furan rings is 1. The first kappa shape index (κ1) is 17.6. The predicted octanol–water partition coefficient (Wildman–Crippen LogP) is 4.08. The van der Waals surface area contributed by atoms with Gasteiger partial charge >= 0.3 is 0 Å². The van der Waals surface area contributed by atoms with Crippen LogP contribution in [0.5, 0.6) is 0 Å². The van der Waals surface area contributed by atoms with Crippen molar-refractivity contribution in [1.82, 2.24) is 4.98 Å². The molecule has 0 saturated carbocycles. The van der Waals surface area contributed by atoms with Crippen LogP contribution >= 0.6 is 11.6 Å². The van der Waals surface area contributed by atoms with Gasteiger partial charge in [-0.25, -0.2) is 4.98 Å². The van der Waals surface area contributed by atoms with E-state index in [-0.39, 0.29) is 11.7 Å². The third kappa shape index (κ3) is 3.97. The Hall–Kier alpha value is -2.83. The number of nitrogens with one attached hydrogen (secondary N) is 1. The molecule has 2 aromatic heterocycles. The number of benzene rings is 1. The van der Waals surface area contributed by atoms with Gasteiger partial charge < -0.3 is 19.4 Å². The number of ether oxygens (including phenoxy) is 1. The summed E-state index contributed by atoms with van der Waals surface area (Å²) >= 11 is 6.18. The van der Waals surface area contributed by atoms with Crippen LogP contribution in [0.15, 0.2) is 59.1 Å². The van der Waals surface area contributed by atoms with Crippen LogP contribution in [0.2, 0.25) is 5.02 Å². The molecule has 0 spiro atoms. The number of hydrogen-bond donors (Lipinski definition) is 1. The molecule has 0 bridgehead atoms. The van der Waals surface area contributed by atoms with Crippen molar-refractivity contribution in [3.8, 4) is 11.3 Å². The maximum absolute atomic E-state index is 12.4. The summed E-state index contributed by atoms with van der Waals surface area (Å²) in [5.41, 5.74) is 1.35. The molecule has 7 heteroatoms. The van der Waals surface area contributed by atoms with Gasteiger partial charge in [-0.15, -0.1) is 0 Å². The highest BCUT2D eigenvalue weighted by atomic mass is 35.5. The zero-order valence-electron chi connectivity index (χ0n) is 14.5. The lowest BCUT2D eigenvalue weighted by Gasteiger charge is -2.27. The van der Waals surface area contributed by atoms with Gasteiger partial charge in [0.25, 0.3) is 5.91 Å². The van der Waals surface area contributed by atoms with Gasteiger partial charge in [0, 0.05) is 18.7 Å². The SMILES string of the molecule is O=C(Nc1ccc(N2CCOCC2)nc1)c1ccc(-c2ccccc2Cl)o1.